The Bertz CT molecular complexity index is 1310. The highest BCUT2D eigenvalue weighted by Crippen LogP contribution is 2.41. The molecule has 1 fully saturated rings. The van der Waals surface area contributed by atoms with Crippen molar-refractivity contribution in [3.8, 4) is 11.5 Å². The lowest BCUT2D eigenvalue weighted by atomic mass is 9.94. The number of aliphatic hydroxyl groups is 1. The highest BCUT2D eigenvalue weighted by Gasteiger charge is 2.46. The summed E-state index contributed by atoms with van der Waals surface area (Å²) in [6.07, 6.45) is 7.01. The molecule has 2 N–H and O–H groups in total. The number of Topliss-reactive ketones (excluding diaryl/α,β-unsaturated/α-hetero) is 1. The molecule has 36 heavy (non-hydrogen) atoms. The van der Waals surface area contributed by atoms with Gasteiger partial charge in [-0.05, 0) is 55.3 Å². The van der Waals surface area contributed by atoms with Gasteiger partial charge < -0.3 is 19.5 Å². The van der Waals surface area contributed by atoms with Crippen molar-refractivity contribution in [3.05, 3.63) is 83.4 Å². The van der Waals surface area contributed by atoms with Crippen LogP contribution in [0.4, 0.5) is 0 Å². The second-order valence-electron chi connectivity index (χ2n) is 9.16. The number of ketones is 1. The Balaban J connectivity index is 1.54. The van der Waals surface area contributed by atoms with Crippen LogP contribution in [0.3, 0.4) is 0 Å². The van der Waals surface area contributed by atoms with E-state index in [9.17, 15) is 14.7 Å². The lowest BCUT2D eigenvalue weighted by Crippen LogP contribution is -2.36. The van der Waals surface area contributed by atoms with Gasteiger partial charge in [0, 0.05) is 24.9 Å². The largest absolute Gasteiger partial charge is 0.507 e. The number of carbonyl (C=O) groups is 2. The summed E-state index contributed by atoms with van der Waals surface area (Å²) in [6.45, 7) is 5.42. The minimum absolute atomic E-state index is 0.0576. The number of hydrogen-bond donors (Lipinski definition) is 2. The topological polar surface area (TPSA) is 95.7 Å². The minimum atomic E-state index is -0.718. The number of nitrogens with one attached hydrogen (secondary N) is 1. The maximum atomic E-state index is 13.3. The third-order valence-electron chi connectivity index (χ3n) is 6.61. The number of imidazole rings is 1. The quantitative estimate of drug-likeness (QED) is 0.219. The van der Waals surface area contributed by atoms with Gasteiger partial charge in [-0.3, -0.25) is 14.6 Å². The predicted octanol–water partition coefficient (Wildman–Crippen LogP) is 3.54. The van der Waals surface area contributed by atoms with E-state index < -0.39 is 17.7 Å². The fourth-order valence-electron chi connectivity index (χ4n) is 5.01. The predicted molar refractivity (Wildman–Crippen MR) is 132 cm³/mol. The Morgan fingerprint density at radius 3 is 2.89 bits per heavy atom. The number of H-pyrrole nitrogens is 1. The van der Waals surface area contributed by atoms with Crippen LogP contribution in [0.2, 0.25) is 0 Å². The number of benzene rings is 2. The molecule has 0 aliphatic carbocycles. The summed E-state index contributed by atoms with van der Waals surface area (Å²) in [4.78, 5) is 31.1. The summed E-state index contributed by atoms with van der Waals surface area (Å²) in [5.74, 6) is -0.0424. The molecular weight excluding hydrogens is 458 g/mol. The molecule has 1 amide bonds. The molecule has 1 aromatic heterocycles. The number of aryl methyl sites for hydroxylation is 1. The van der Waals surface area contributed by atoms with Gasteiger partial charge in [-0.15, -0.1) is 0 Å². The molecule has 1 saturated heterocycles. The number of rotatable bonds is 8. The molecule has 2 unspecified atom stereocenters. The van der Waals surface area contributed by atoms with Crippen molar-refractivity contribution >= 4 is 17.4 Å². The van der Waals surface area contributed by atoms with Crippen LogP contribution in [0.1, 0.15) is 43.0 Å². The molecule has 2 aliphatic heterocycles. The third-order valence-corrected chi connectivity index (χ3v) is 6.61. The van der Waals surface area contributed by atoms with Crippen LogP contribution in [0.25, 0.3) is 5.76 Å². The second-order valence-corrected chi connectivity index (χ2v) is 9.16. The number of aliphatic hydroxyl groups excluding tert-OH is 1. The van der Waals surface area contributed by atoms with Crippen LogP contribution < -0.4 is 14.0 Å². The number of carbonyl (C=O) groups excluding carboxylic acids is 2. The molecule has 0 radical (unpaired) electrons. The standard InChI is InChI=1S/C28H29N3O5/c1-3-35-22-7-4-6-19(16-22)25-24(26(32)20-8-9-23-21(15-20)14-18(2)36-23)27(33)28(34)31(25)12-5-11-30-13-10-29-17-30/h4,6-10,13,15-18,25H,3,5,11-12,14H2,1-2H3,(H,32,33)/p+1. The first kappa shape index (κ1) is 23.7. The SMILES string of the molecule is CCOc1cccc(C2/C(=C(\O)c3ccc4c(c3)CC(C)O4)C(=O)C(=O)N2CCC[n+]2cc[nH]c2)c1. The normalized spacial score (nSPS) is 20.4. The van der Waals surface area contributed by atoms with E-state index in [4.69, 9.17) is 9.47 Å². The van der Waals surface area contributed by atoms with E-state index in [-0.39, 0.29) is 17.4 Å². The zero-order chi connectivity index (χ0) is 25.2. The molecule has 0 bridgehead atoms. The smallest absolute Gasteiger partial charge is 0.295 e. The molecule has 3 aromatic rings. The molecule has 5 rings (SSSR count). The molecule has 186 valence electrons. The second kappa shape index (κ2) is 9.89. The number of fused-ring (bicyclic) bond motifs is 1. The van der Waals surface area contributed by atoms with Crippen molar-refractivity contribution in [2.45, 2.75) is 45.4 Å². The van der Waals surface area contributed by atoms with Crippen molar-refractivity contribution in [2.24, 2.45) is 0 Å². The monoisotopic (exact) mass is 488 g/mol. The first-order valence-corrected chi connectivity index (χ1v) is 12.3. The van der Waals surface area contributed by atoms with Crippen molar-refractivity contribution in [3.63, 3.8) is 0 Å². The Morgan fingerprint density at radius 1 is 1.25 bits per heavy atom. The molecule has 3 heterocycles. The average molecular weight is 489 g/mol. The Hall–Kier alpha value is -4.07. The summed E-state index contributed by atoms with van der Waals surface area (Å²) in [5.41, 5.74) is 2.28. The van der Waals surface area contributed by atoms with Crippen molar-refractivity contribution in [1.82, 2.24) is 9.88 Å². The zero-order valence-electron chi connectivity index (χ0n) is 20.4. The van der Waals surface area contributed by atoms with Crippen LogP contribution in [0, 0.1) is 0 Å². The molecule has 2 aliphatic rings. The van der Waals surface area contributed by atoms with E-state index in [0.717, 1.165) is 17.7 Å². The van der Waals surface area contributed by atoms with Gasteiger partial charge in [0.2, 0.25) is 6.33 Å². The van der Waals surface area contributed by atoms with Gasteiger partial charge in [0.25, 0.3) is 11.7 Å². The first-order chi connectivity index (χ1) is 17.5. The number of likely N-dealkylation sites (tertiary alicyclic amines) is 1. The molecule has 2 atom stereocenters. The highest BCUT2D eigenvalue weighted by molar-refractivity contribution is 6.46. The number of aromatic nitrogens is 2. The lowest BCUT2D eigenvalue weighted by molar-refractivity contribution is -0.695. The van der Waals surface area contributed by atoms with Gasteiger partial charge in [-0.2, -0.15) is 0 Å². The summed E-state index contributed by atoms with van der Waals surface area (Å²) < 4.78 is 13.4. The highest BCUT2D eigenvalue weighted by atomic mass is 16.5. The molecule has 0 spiro atoms. The third kappa shape index (κ3) is 4.46. The van der Waals surface area contributed by atoms with Gasteiger partial charge in [0.1, 0.15) is 35.8 Å². The maximum absolute atomic E-state index is 13.3. The van der Waals surface area contributed by atoms with Crippen LogP contribution >= 0.6 is 0 Å². The van der Waals surface area contributed by atoms with Crippen LogP contribution in [0.5, 0.6) is 11.5 Å². The summed E-state index contributed by atoms with van der Waals surface area (Å²) in [5, 5.41) is 11.4. The van der Waals surface area contributed by atoms with Crippen LogP contribution in [-0.4, -0.2) is 45.9 Å². The van der Waals surface area contributed by atoms with Gasteiger partial charge in [-0.1, -0.05) is 12.1 Å². The van der Waals surface area contributed by atoms with E-state index in [1.165, 1.54) is 0 Å². The van der Waals surface area contributed by atoms with Crippen molar-refractivity contribution in [2.75, 3.05) is 13.2 Å². The summed E-state index contributed by atoms with van der Waals surface area (Å²) in [6, 6.07) is 12.0. The van der Waals surface area contributed by atoms with E-state index in [0.29, 0.717) is 43.0 Å². The molecular formula is C28H30N3O5+. The average Bonchev–Trinajstić information content (AvgIpc) is 3.58. The number of ether oxygens (including phenoxy) is 2. The van der Waals surface area contributed by atoms with Gasteiger partial charge in [0.15, 0.2) is 0 Å². The number of hydrogen-bond acceptors (Lipinski definition) is 5. The van der Waals surface area contributed by atoms with Crippen LogP contribution in [-0.2, 0) is 22.6 Å². The lowest BCUT2D eigenvalue weighted by Gasteiger charge is -2.25. The van der Waals surface area contributed by atoms with E-state index in [2.05, 4.69) is 4.98 Å². The van der Waals surface area contributed by atoms with Crippen molar-refractivity contribution in [1.29, 1.82) is 0 Å². The fourth-order valence-corrected chi connectivity index (χ4v) is 5.01. The molecule has 2 aromatic carbocycles. The van der Waals surface area contributed by atoms with Crippen molar-refractivity contribution < 1.29 is 28.7 Å². The number of aromatic amines is 1. The summed E-state index contributed by atoms with van der Waals surface area (Å²) in [7, 11) is 0. The van der Waals surface area contributed by atoms with E-state index >= 15 is 0 Å². The Morgan fingerprint density at radius 2 is 2.11 bits per heavy atom. The van der Waals surface area contributed by atoms with Gasteiger partial charge in [-0.25, -0.2) is 4.57 Å². The molecule has 8 nitrogen and oxygen atoms in total. The minimum Gasteiger partial charge on any atom is -0.507 e. The van der Waals surface area contributed by atoms with Crippen LogP contribution in [0.15, 0.2) is 66.8 Å². The van der Waals surface area contributed by atoms with Gasteiger partial charge in [0.05, 0.1) is 24.8 Å². The van der Waals surface area contributed by atoms with Gasteiger partial charge >= 0.3 is 0 Å². The molecule has 0 saturated carbocycles. The summed E-state index contributed by atoms with van der Waals surface area (Å²) >= 11 is 0. The fraction of sp³-hybridized carbons (Fsp3) is 0.321. The maximum Gasteiger partial charge on any atom is 0.295 e. The Kier molecular flexibility index (Phi) is 6.50. The first-order valence-electron chi connectivity index (χ1n) is 12.3. The number of amides is 1. The van der Waals surface area contributed by atoms with E-state index in [1.807, 2.05) is 73.5 Å². The Labute approximate surface area is 209 Å². The number of nitrogens with zero attached hydrogens (tertiary/aromatic N) is 2. The van der Waals surface area contributed by atoms with E-state index in [1.54, 1.807) is 11.0 Å². The zero-order valence-corrected chi connectivity index (χ0v) is 20.4. The molecule has 8 heteroatoms.